The van der Waals surface area contributed by atoms with Crippen LogP contribution in [0.25, 0.3) is 0 Å². The van der Waals surface area contributed by atoms with Crippen molar-refractivity contribution < 1.29 is 32.3 Å². The van der Waals surface area contributed by atoms with Crippen molar-refractivity contribution in [1.29, 1.82) is 0 Å². The molecule has 0 spiro atoms. The van der Waals surface area contributed by atoms with Crippen LogP contribution in [0, 0.1) is 0 Å². The molecule has 0 saturated heterocycles. The van der Waals surface area contributed by atoms with Gasteiger partial charge in [0.05, 0.1) is 17.8 Å². The zero-order valence-corrected chi connectivity index (χ0v) is 19.6. The van der Waals surface area contributed by atoms with E-state index < -0.39 is 23.6 Å². The van der Waals surface area contributed by atoms with Crippen molar-refractivity contribution in [2.45, 2.75) is 19.1 Å². The fraction of sp³-hybridized carbons (Fsp3) is 0.154. The predicted octanol–water partition coefficient (Wildman–Crippen LogP) is 4.05. The van der Waals surface area contributed by atoms with Crippen molar-refractivity contribution in [3.05, 3.63) is 95.6 Å². The number of ether oxygens (including phenoxy) is 1. The van der Waals surface area contributed by atoms with Crippen molar-refractivity contribution in [1.82, 2.24) is 10.7 Å². The lowest BCUT2D eigenvalue weighted by Gasteiger charge is -2.14. The Morgan fingerprint density at radius 3 is 2.32 bits per heavy atom. The third-order valence-corrected chi connectivity index (χ3v) is 4.96. The number of carbonyl (C=O) groups excluding carboxylic acids is 3. The van der Waals surface area contributed by atoms with Crippen molar-refractivity contribution in [2.75, 3.05) is 11.9 Å². The molecule has 1 unspecified atom stereocenters. The molecule has 0 saturated carbocycles. The van der Waals surface area contributed by atoms with Gasteiger partial charge in [-0.15, -0.1) is 0 Å². The molecule has 0 bridgehead atoms. The molecule has 0 heterocycles. The molecule has 0 aliphatic heterocycles. The summed E-state index contributed by atoms with van der Waals surface area (Å²) in [6.07, 6.45) is -3.32. The third kappa shape index (κ3) is 8.49. The lowest BCUT2D eigenvalue weighted by Crippen LogP contribution is -2.32. The molecule has 0 radical (unpaired) electrons. The molecule has 0 aromatic heterocycles. The number of amides is 3. The minimum Gasteiger partial charge on any atom is -0.484 e. The second-order valence-corrected chi connectivity index (χ2v) is 7.79. The average Bonchev–Trinajstić information content (AvgIpc) is 2.88. The zero-order valence-electron chi connectivity index (χ0n) is 19.6. The van der Waals surface area contributed by atoms with Gasteiger partial charge < -0.3 is 15.4 Å². The van der Waals surface area contributed by atoms with Crippen LogP contribution in [0.3, 0.4) is 0 Å². The Labute approximate surface area is 210 Å². The van der Waals surface area contributed by atoms with Crippen LogP contribution in [0.15, 0.2) is 84.0 Å². The Morgan fingerprint density at radius 2 is 1.65 bits per heavy atom. The fourth-order valence-corrected chi connectivity index (χ4v) is 3.08. The molecule has 3 aromatic rings. The molecule has 1 atom stereocenters. The van der Waals surface area contributed by atoms with Crippen LogP contribution in [0.1, 0.15) is 29.7 Å². The van der Waals surface area contributed by atoms with Crippen LogP contribution in [-0.2, 0) is 20.6 Å². The van der Waals surface area contributed by atoms with Crippen molar-refractivity contribution >= 4 is 29.6 Å². The van der Waals surface area contributed by atoms with E-state index in [9.17, 15) is 27.6 Å². The molecule has 0 fully saturated rings. The van der Waals surface area contributed by atoms with Gasteiger partial charge in [0.25, 0.3) is 5.91 Å². The minimum atomic E-state index is -4.58. The van der Waals surface area contributed by atoms with Gasteiger partial charge in [-0.05, 0) is 60.5 Å². The normalized spacial score (nSPS) is 12.0. The van der Waals surface area contributed by atoms with Crippen LogP contribution >= 0.6 is 0 Å². The molecule has 11 heteroatoms. The Hall–Kier alpha value is -4.67. The Balaban J connectivity index is 1.43. The van der Waals surface area contributed by atoms with Crippen LogP contribution in [-0.4, -0.2) is 30.5 Å². The molecule has 3 N–H and O–H groups in total. The van der Waals surface area contributed by atoms with Gasteiger partial charge in [-0.25, -0.2) is 5.43 Å². The number of alkyl halides is 3. The fourth-order valence-electron chi connectivity index (χ4n) is 3.08. The summed E-state index contributed by atoms with van der Waals surface area (Å²) in [6, 6.07) is 19.6. The van der Waals surface area contributed by atoms with Gasteiger partial charge >= 0.3 is 18.0 Å². The first-order chi connectivity index (χ1) is 17.6. The van der Waals surface area contributed by atoms with E-state index in [1.54, 1.807) is 24.3 Å². The van der Waals surface area contributed by atoms with E-state index in [2.05, 4.69) is 15.7 Å². The van der Waals surface area contributed by atoms with Crippen molar-refractivity contribution in [3.8, 4) is 5.75 Å². The molecule has 8 nitrogen and oxygen atoms in total. The number of hydrogen-bond acceptors (Lipinski definition) is 5. The first-order valence-corrected chi connectivity index (χ1v) is 11.0. The Morgan fingerprint density at radius 1 is 0.946 bits per heavy atom. The minimum absolute atomic E-state index is 0.168. The van der Waals surface area contributed by atoms with E-state index >= 15 is 0 Å². The van der Waals surface area contributed by atoms with Gasteiger partial charge in [-0.1, -0.05) is 36.4 Å². The lowest BCUT2D eigenvalue weighted by molar-refractivity contribution is -0.137. The maximum absolute atomic E-state index is 12.8. The highest BCUT2D eigenvalue weighted by molar-refractivity contribution is 6.39. The summed E-state index contributed by atoms with van der Waals surface area (Å²) >= 11 is 0. The topological polar surface area (TPSA) is 109 Å². The van der Waals surface area contributed by atoms with E-state index in [1.165, 1.54) is 12.3 Å². The molecule has 3 rings (SSSR count). The quantitative estimate of drug-likeness (QED) is 0.240. The first-order valence-electron chi connectivity index (χ1n) is 11.0. The summed E-state index contributed by atoms with van der Waals surface area (Å²) in [7, 11) is 0. The maximum atomic E-state index is 12.8. The van der Waals surface area contributed by atoms with Gasteiger partial charge in [-0.2, -0.15) is 18.3 Å². The SMILES string of the molecule is CC(NC(=O)COc1ccc(C=NNC(=O)C(=O)Nc2cccc(C(F)(F)F)c2)cc1)c1ccccc1. The van der Waals surface area contributed by atoms with E-state index in [4.69, 9.17) is 4.74 Å². The number of halogens is 3. The number of hydrogen-bond donors (Lipinski definition) is 3. The van der Waals surface area contributed by atoms with Crippen molar-refractivity contribution in [3.63, 3.8) is 0 Å². The third-order valence-electron chi connectivity index (χ3n) is 4.96. The van der Waals surface area contributed by atoms with Crippen LogP contribution in [0.5, 0.6) is 5.75 Å². The number of anilines is 1. The average molecular weight is 512 g/mol. The molecule has 192 valence electrons. The van der Waals surface area contributed by atoms with Crippen molar-refractivity contribution in [2.24, 2.45) is 5.10 Å². The van der Waals surface area contributed by atoms with E-state index in [1.807, 2.05) is 42.7 Å². The molecule has 0 aliphatic rings. The molecule has 0 aliphatic carbocycles. The number of hydrazone groups is 1. The molecule has 37 heavy (non-hydrogen) atoms. The Kier molecular flexibility index (Phi) is 8.98. The standard InChI is InChI=1S/C26H23F3N4O4/c1-17(19-6-3-2-4-7-19)31-23(34)16-37-22-12-10-18(11-13-22)15-30-33-25(36)24(35)32-21-9-5-8-20(14-21)26(27,28)29/h2-15,17H,16H2,1H3,(H,31,34)(H,32,35)(H,33,36). The first kappa shape index (κ1) is 26.9. The second kappa shape index (κ2) is 12.3. The summed E-state index contributed by atoms with van der Waals surface area (Å²) < 4.78 is 43.8. The van der Waals surface area contributed by atoms with Gasteiger partial charge in [0.1, 0.15) is 5.75 Å². The summed E-state index contributed by atoms with van der Waals surface area (Å²) in [5.74, 6) is -2.19. The van der Waals surface area contributed by atoms with E-state index in [0.29, 0.717) is 17.4 Å². The molecular weight excluding hydrogens is 489 g/mol. The van der Waals surface area contributed by atoms with Gasteiger partial charge in [0.15, 0.2) is 6.61 Å². The zero-order chi connectivity index (χ0) is 26.8. The predicted molar refractivity (Wildman–Crippen MR) is 131 cm³/mol. The van der Waals surface area contributed by atoms with Crippen LogP contribution in [0.2, 0.25) is 0 Å². The number of nitrogens with one attached hydrogen (secondary N) is 3. The number of rotatable bonds is 8. The summed E-state index contributed by atoms with van der Waals surface area (Å²) in [5.41, 5.74) is 2.37. The smallest absolute Gasteiger partial charge is 0.416 e. The Bertz CT molecular complexity index is 1260. The van der Waals surface area contributed by atoms with E-state index in [-0.39, 0.29) is 24.2 Å². The van der Waals surface area contributed by atoms with E-state index in [0.717, 1.165) is 17.7 Å². The lowest BCUT2D eigenvalue weighted by atomic mass is 10.1. The van der Waals surface area contributed by atoms with Gasteiger partial charge in [0.2, 0.25) is 0 Å². The van der Waals surface area contributed by atoms with Gasteiger partial charge in [-0.3, -0.25) is 14.4 Å². The monoisotopic (exact) mass is 512 g/mol. The van der Waals surface area contributed by atoms with Gasteiger partial charge in [0, 0.05) is 5.69 Å². The number of benzene rings is 3. The highest BCUT2D eigenvalue weighted by Gasteiger charge is 2.30. The highest BCUT2D eigenvalue weighted by atomic mass is 19.4. The summed E-state index contributed by atoms with van der Waals surface area (Å²) in [5, 5.41) is 8.58. The highest BCUT2D eigenvalue weighted by Crippen LogP contribution is 2.30. The number of carbonyl (C=O) groups is 3. The largest absolute Gasteiger partial charge is 0.484 e. The number of nitrogens with zero attached hydrogens (tertiary/aromatic N) is 1. The molecular formula is C26H23F3N4O4. The second-order valence-electron chi connectivity index (χ2n) is 7.79. The van der Waals surface area contributed by atoms with Crippen LogP contribution in [0.4, 0.5) is 18.9 Å². The summed E-state index contributed by atoms with van der Waals surface area (Å²) in [4.78, 5) is 35.9. The molecule has 3 amide bonds. The summed E-state index contributed by atoms with van der Waals surface area (Å²) in [6.45, 7) is 1.69. The molecule has 3 aromatic carbocycles. The maximum Gasteiger partial charge on any atom is 0.416 e. The van der Waals surface area contributed by atoms with Crippen LogP contribution < -0.4 is 20.8 Å².